The number of aliphatic carboxylic acids is 1. The zero-order valence-corrected chi connectivity index (χ0v) is 13.6. The van der Waals surface area contributed by atoms with Gasteiger partial charge in [-0.3, -0.25) is 10.1 Å². The first-order valence-electron chi connectivity index (χ1n) is 7.68. The van der Waals surface area contributed by atoms with Crippen molar-refractivity contribution < 1.29 is 9.90 Å². The Bertz CT molecular complexity index is 434. The van der Waals surface area contributed by atoms with Crippen molar-refractivity contribution in [2.75, 3.05) is 18.5 Å². The highest BCUT2D eigenvalue weighted by Crippen LogP contribution is 2.20. The molecule has 1 aromatic rings. The van der Waals surface area contributed by atoms with E-state index in [9.17, 15) is 9.90 Å². The third-order valence-electron chi connectivity index (χ3n) is 3.87. The summed E-state index contributed by atoms with van der Waals surface area (Å²) < 4.78 is 0. The van der Waals surface area contributed by atoms with Crippen LogP contribution in [0.3, 0.4) is 0 Å². The average Bonchev–Trinajstić information content (AvgIpc) is 2.46. The fraction of sp³-hybridized carbons (Fsp3) is 0.588. The van der Waals surface area contributed by atoms with Crippen LogP contribution in [0.1, 0.15) is 40.0 Å². The lowest BCUT2D eigenvalue weighted by atomic mass is 9.89. The van der Waals surface area contributed by atoms with Gasteiger partial charge in [-0.1, -0.05) is 25.1 Å². The van der Waals surface area contributed by atoms with Crippen LogP contribution in [0.4, 0.5) is 5.69 Å². The van der Waals surface area contributed by atoms with Gasteiger partial charge in [-0.05, 0) is 45.2 Å². The molecule has 0 saturated heterocycles. The topological polar surface area (TPSA) is 52.6 Å². The number of anilines is 1. The molecule has 0 saturated carbocycles. The summed E-state index contributed by atoms with van der Waals surface area (Å²) in [5.41, 5.74) is 0.345. The number of hydrogen-bond acceptors (Lipinski definition) is 3. The number of para-hydroxylation sites is 1. The molecule has 4 heteroatoms. The number of carboxylic acid groups (broad SMARTS) is 1. The molecule has 0 fully saturated rings. The largest absolute Gasteiger partial charge is 0.480 e. The molecule has 0 aliphatic rings. The van der Waals surface area contributed by atoms with Gasteiger partial charge in [0.2, 0.25) is 0 Å². The zero-order chi connectivity index (χ0) is 15.9. The molecular weight excluding hydrogens is 264 g/mol. The van der Waals surface area contributed by atoms with E-state index < -0.39 is 11.5 Å². The number of rotatable bonds is 9. The van der Waals surface area contributed by atoms with Gasteiger partial charge in [0.25, 0.3) is 0 Å². The Morgan fingerprint density at radius 2 is 1.95 bits per heavy atom. The molecule has 0 heterocycles. The third-order valence-corrected chi connectivity index (χ3v) is 3.87. The average molecular weight is 292 g/mol. The molecule has 1 aromatic carbocycles. The van der Waals surface area contributed by atoms with Crippen LogP contribution in [0, 0.1) is 0 Å². The van der Waals surface area contributed by atoms with Gasteiger partial charge in [-0.15, -0.1) is 0 Å². The van der Waals surface area contributed by atoms with E-state index in [4.69, 9.17) is 0 Å². The molecule has 0 bridgehead atoms. The van der Waals surface area contributed by atoms with Crippen molar-refractivity contribution in [1.29, 1.82) is 0 Å². The second-order valence-electron chi connectivity index (χ2n) is 5.90. The summed E-state index contributed by atoms with van der Waals surface area (Å²) in [6, 6.07) is 10.3. The molecule has 2 N–H and O–H groups in total. The first kappa shape index (κ1) is 17.5. The number of carbonyl (C=O) groups is 1. The maximum Gasteiger partial charge on any atom is 0.323 e. The van der Waals surface area contributed by atoms with E-state index in [0.717, 1.165) is 18.7 Å². The molecular formula is C17H28N2O2. The van der Waals surface area contributed by atoms with Crippen molar-refractivity contribution in [2.45, 2.75) is 51.6 Å². The van der Waals surface area contributed by atoms with Gasteiger partial charge >= 0.3 is 5.97 Å². The summed E-state index contributed by atoms with van der Waals surface area (Å²) in [6.07, 6.45) is 2.06. The van der Waals surface area contributed by atoms with E-state index in [1.807, 2.05) is 46.0 Å². The van der Waals surface area contributed by atoms with Crippen molar-refractivity contribution >= 4 is 11.7 Å². The summed E-state index contributed by atoms with van der Waals surface area (Å²) in [6.45, 7) is 6.76. The Morgan fingerprint density at radius 3 is 2.43 bits per heavy atom. The predicted molar refractivity (Wildman–Crippen MR) is 87.9 cm³/mol. The van der Waals surface area contributed by atoms with Crippen LogP contribution in [0.5, 0.6) is 0 Å². The Balaban J connectivity index is 2.59. The number of carboxylic acids is 1. The molecule has 0 amide bonds. The second kappa shape index (κ2) is 8.03. The minimum Gasteiger partial charge on any atom is -0.480 e. The minimum absolute atomic E-state index is 0.160. The molecule has 0 aromatic heterocycles. The van der Waals surface area contributed by atoms with Crippen molar-refractivity contribution in [2.24, 2.45) is 0 Å². The molecule has 21 heavy (non-hydrogen) atoms. The van der Waals surface area contributed by atoms with E-state index in [1.54, 1.807) is 0 Å². The van der Waals surface area contributed by atoms with Crippen LogP contribution in [-0.4, -0.2) is 36.2 Å². The predicted octanol–water partition coefficient (Wildman–Crippen LogP) is 3.13. The summed E-state index contributed by atoms with van der Waals surface area (Å²) in [5, 5.41) is 12.8. The highest BCUT2D eigenvalue weighted by Gasteiger charge is 2.36. The molecule has 1 atom stereocenters. The van der Waals surface area contributed by atoms with E-state index in [0.29, 0.717) is 12.8 Å². The summed E-state index contributed by atoms with van der Waals surface area (Å²) >= 11 is 0. The Labute approximate surface area is 128 Å². The zero-order valence-electron chi connectivity index (χ0n) is 13.6. The first-order chi connectivity index (χ1) is 9.91. The molecule has 0 aliphatic heterocycles. The highest BCUT2D eigenvalue weighted by molar-refractivity contribution is 5.78. The molecule has 118 valence electrons. The quantitative estimate of drug-likeness (QED) is 0.734. The molecule has 0 aliphatic carbocycles. The molecule has 4 nitrogen and oxygen atoms in total. The fourth-order valence-electron chi connectivity index (χ4n) is 2.65. The van der Waals surface area contributed by atoms with E-state index in [-0.39, 0.29) is 6.04 Å². The van der Waals surface area contributed by atoms with Gasteiger partial charge in [0.15, 0.2) is 0 Å². The third kappa shape index (κ3) is 5.05. The lowest BCUT2D eigenvalue weighted by Gasteiger charge is -2.32. The van der Waals surface area contributed by atoms with Crippen molar-refractivity contribution in [3.05, 3.63) is 30.3 Å². The van der Waals surface area contributed by atoms with Gasteiger partial charge < -0.3 is 10.0 Å². The first-order valence-corrected chi connectivity index (χ1v) is 7.68. The number of benzene rings is 1. The lowest BCUT2D eigenvalue weighted by Crippen LogP contribution is -2.54. The van der Waals surface area contributed by atoms with E-state index >= 15 is 0 Å². The number of nitrogens with zero attached hydrogens (tertiary/aromatic N) is 1. The van der Waals surface area contributed by atoms with Crippen molar-refractivity contribution in [3.63, 3.8) is 0 Å². The van der Waals surface area contributed by atoms with Gasteiger partial charge in [0.05, 0.1) is 0 Å². The standard InChI is InChI=1S/C17H28N2O2/c1-5-17(16(20)21,18-14(2)3)12-9-13-19(4)15-10-7-6-8-11-15/h6-8,10-11,14,18H,5,9,12-13H2,1-4H3,(H,20,21). The molecule has 1 unspecified atom stereocenters. The maximum atomic E-state index is 11.7. The summed E-state index contributed by atoms with van der Waals surface area (Å²) in [4.78, 5) is 13.8. The number of nitrogens with one attached hydrogen (secondary N) is 1. The fourth-order valence-corrected chi connectivity index (χ4v) is 2.65. The van der Waals surface area contributed by atoms with Crippen LogP contribution in [-0.2, 0) is 4.79 Å². The Hall–Kier alpha value is -1.55. The van der Waals surface area contributed by atoms with Crippen LogP contribution < -0.4 is 10.2 Å². The normalized spacial score (nSPS) is 14.0. The van der Waals surface area contributed by atoms with Gasteiger partial charge in [-0.25, -0.2) is 0 Å². The molecule has 0 spiro atoms. The SMILES string of the molecule is CCC(CCCN(C)c1ccccc1)(NC(C)C)C(=O)O. The summed E-state index contributed by atoms with van der Waals surface area (Å²) in [7, 11) is 2.04. The van der Waals surface area contributed by atoms with Crippen molar-refractivity contribution in [1.82, 2.24) is 5.32 Å². The van der Waals surface area contributed by atoms with Crippen LogP contribution in [0.15, 0.2) is 30.3 Å². The van der Waals surface area contributed by atoms with Gasteiger partial charge in [0, 0.05) is 25.3 Å². The summed E-state index contributed by atoms with van der Waals surface area (Å²) in [5.74, 6) is -0.749. The van der Waals surface area contributed by atoms with Crippen LogP contribution in [0.2, 0.25) is 0 Å². The highest BCUT2D eigenvalue weighted by atomic mass is 16.4. The Morgan fingerprint density at radius 1 is 1.33 bits per heavy atom. The monoisotopic (exact) mass is 292 g/mol. The van der Waals surface area contributed by atoms with Crippen molar-refractivity contribution in [3.8, 4) is 0 Å². The van der Waals surface area contributed by atoms with E-state index in [1.165, 1.54) is 0 Å². The van der Waals surface area contributed by atoms with Crippen LogP contribution >= 0.6 is 0 Å². The smallest absolute Gasteiger partial charge is 0.323 e. The molecule has 1 rings (SSSR count). The Kier molecular flexibility index (Phi) is 6.69. The lowest BCUT2D eigenvalue weighted by molar-refractivity contribution is -0.145. The maximum absolute atomic E-state index is 11.7. The molecule has 0 radical (unpaired) electrons. The number of hydrogen-bond donors (Lipinski definition) is 2. The minimum atomic E-state index is -0.814. The van der Waals surface area contributed by atoms with Gasteiger partial charge in [-0.2, -0.15) is 0 Å². The van der Waals surface area contributed by atoms with E-state index in [2.05, 4.69) is 22.3 Å². The van der Waals surface area contributed by atoms with Gasteiger partial charge in [0.1, 0.15) is 5.54 Å². The second-order valence-corrected chi connectivity index (χ2v) is 5.90. The van der Waals surface area contributed by atoms with Crippen LogP contribution in [0.25, 0.3) is 0 Å².